The Morgan fingerprint density at radius 2 is 1.81 bits per heavy atom. The van der Waals surface area contributed by atoms with E-state index in [9.17, 15) is 18.5 Å². The van der Waals surface area contributed by atoms with Crippen LogP contribution in [0.4, 0.5) is 17.1 Å². The molecule has 2 N–H and O–H groups in total. The highest BCUT2D eigenvalue weighted by atomic mass is 32.2. The molecule has 0 fully saturated rings. The number of sulfonamides is 1. The van der Waals surface area contributed by atoms with Crippen LogP contribution in [0, 0.1) is 17.0 Å². The molecule has 0 saturated carbocycles. The molecule has 1 aromatic heterocycles. The minimum Gasteiger partial charge on any atom is -0.347 e. The lowest BCUT2D eigenvalue weighted by atomic mass is 10.2. The first kappa shape index (κ1) is 18.5. The number of aromatic nitrogens is 2. The first-order valence-corrected chi connectivity index (χ1v) is 9.41. The number of nitrogens with one attached hydrogen (secondary N) is 2. The fourth-order valence-corrected chi connectivity index (χ4v) is 3.31. The highest BCUT2D eigenvalue weighted by Crippen LogP contribution is 2.31. The summed E-state index contributed by atoms with van der Waals surface area (Å²) >= 11 is 0. The van der Waals surface area contributed by atoms with Crippen molar-refractivity contribution in [2.75, 3.05) is 12.4 Å². The zero-order valence-electron chi connectivity index (χ0n) is 14.6. The number of benzene rings is 2. The van der Waals surface area contributed by atoms with E-state index in [4.69, 9.17) is 0 Å². The molecule has 3 aromatic rings. The predicted molar refractivity (Wildman–Crippen MR) is 101 cm³/mol. The van der Waals surface area contributed by atoms with E-state index in [-0.39, 0.29) is 16.3 Å². The van der Waals surface area contributed by atoms with Crippen molar-refractivity contribution < 1.29 is 13.3 Å². The molecule has 27 heavy (non-hydrogen) atoms. The fourth-order valence-electron chi connectivity index (χ4n) is 2.56. The first-order valence-electron chi connectivity index (χ1n) is 7.92. The Kier molecular flexibility index (Phi) is 4.93. The number of nitro benzene ring substituents is 1. The van der Waals surface area contributed by atoms with Crippen LogP contribution in [0.5, 0.6) is 0 Å². The summed E-state index contributed by atoms with van der Waals surface area (Å²) in [7, 11) is -2.54. The van der Waals surface area contributed by atoms with Gasteiger partial charge in [0.15, 0.2) is 0 Å². The highest BCUT2D eigenvalue weighted by molar-refractivity contribution is 7.89. The van der Waals surface area contributed by atoms with Crippen molar-refractivity contribution in [3.05, 3.63) is 70.5 Å². The fraction of sp³-hybridized carbons (Fsp3) is 0.118. The van der Waals surface area contributed by atoms with Gasteiger partial charge in [-0.2, -0.15) is 5.10 Å². The summed E-state index contributed by atoms with van der Waals surface area (Å²) in [5.41, 5.74) is 2.01. The van der Waals surface area contributed by atoms with Crippen molar-refractivity contribution in [1.82, 2.24) is 14.5 Å². The number of nitro groups is 1. The minimum absolute atomic E-state index is 0.172. The van der Waals surface area contributed by atoms with E-state index in [1.54, 1.807) is 10.9 Å². The Morgan fingerprint density at radius 1 is 1.11 bits per heavy atom. The molecule has 0 atom stereocenters. The maximum absolute atomic E-state index is 11.9. The molecule has 10 heteroatoms. The largest absolute Gasteiger partial charge is 0.347 e. The van der Waals surface area contributed by atoms with Gasteiger partial charge >= 0.3 is 0 Å². The van der Waals surface area contributed by atoms with Gasteiger partial charge in [0, 0.05) is 6.07 Å². The zero-order valence-corrected chi connectivity index (χ0v) is 15.4. The highest BCUT2D eigenvalue weighted by Gasteiger charge is 2.21. The predicted octanol–water partition coefficient (Wildman–Crippen LogP) is 2.74. The number of nitrogens with zero attached hydrogens (tertiary/aromatic N) is 3. The number of hydrogen-bond donors (Lipinski definition) is 2. The lowest BCUT2D eigenvalue weighted by Gasteiger charge is -2.09. The van der Waals surface area contributed by atoms with E-state index < -0.39 is 14.9 Å². The van der Waals surface area contributed by atoms with Crippen molar-refractivity contribution in [2.45, 2.75) is 11.8 Å². The van der Waals surface area contributed by atoms with E-state index in [1.165, 1.54) is 19.2 Å². The molecular formula is C17H17N5O4S. The summed E-state index contributed by atoms with van der Waals surface area (Å²) in [5, 5.41) is 18.7. The second-order valence-corrected chi connectivity index (χ2v) is 7.55. The van der Waals surface area contributed by atoms with Crippen LogP contribution in [-0.4, -0.2) is 30.2 Å². The van der Waals surface area contributed by atoms with Crippen LogP contribution in [0.2, 0.25) is 0 Å². The van der Waals surface area contributed by atoms with Crippen LogP contribution in [0.1, 0.15) is 5.69 Å². The molecular weight excluding hydrogens is 370 g/mol. The molecule has 9 nitrogen and oxygen atoms in total. The van der Waals surface area contributed by atoms with Gasteiger partial charge < -0.3 is 5.32 Å². The van der Waals surface area contributed by atoms with Crippen molar-refractivity contribution in [3.8, 4) is 5.69 Å². The third-order valence-electron chi connectivity index (χ3n) is 4.02. The van der Waals surface area contributed by atoms with Crippen LogP contribution in [0.15, 0.2) is 59.6 Å². The molecule has 140 valence electrons. The number of anilines is 2. The molecule has 0 aliphatic carbocycles. The summed E-state index contributed by atoms with van der Waals surface area (Å²) in [6.07, 6.45) is 1.56. The molecule has 0 unspecified atom stereocenters. The Labute approximate surface area is 155 Å². The quantitative estimate of drug-likeness (QED) is 0.496. The van der Waals surface area contributed by atoms with Gasteiger partial charge in [-0.3, -0.25) is 10.1 Å². The SMILES string of the molecule is CNS(=O)(=O)c1ccc(Nc2cnn(-c3ccccc3)c2C)c([N+](=O)[O-])c1. The van der Waals surface area contributed by atoms with E-state index in [2.05, 4.69) is 15.1 Å². The van der Waals surface area contributed by atoms with Crippen molar-refractivity contribution in [1.29, 1.82) is 0 Å². The average molecular weight is 387 g/mol. The van der Waals surface area contributed by atoms with Crippen molar-refractivity contribution >= 4 is 27.1 Å². The van der Waals surface area contributed by atoms with Crippen LogP contribution in [-0.2, 0) is 10.0 Å². The first-order chi connectivity index (χ1) is 12.8. The topological polar surface area (TPSA) is 119 Å². The number of hydrogen-bond acceptors (Lipinski definition) is 6. The van der Waals surface area contributed by atoms with Crippen molar-refractivity contribution in [2.24, 2.45) is 0 Å². The normalized spacial score (nSPS) is 11.3. The summed E-state index contributed by atoms with van der Waals surface area (Å²) in [5.74, 6) is 0. The third-order valence-corrected chi connectivity index (χ3v) is 5.44. The maximum atomic E-state index is 11.9. The van der Waals surface area contributed by atoms with Gasteiger partial charge in [-0.1, -0.05) is 18.2 Å². The standard InChI is InChI=1S/C17H17N5O4S/c1-12-16(11-19-21(12)13-6-4-3-5-7-13)20-15-9-8-14(27(25,26)18-2)10-17(15)22(23)24/h3-11,18,20H,1-2H3. The van der Waals surface area contributed by atoms with Gasteiger partial charge in [-0.25, -0.2) is 17.8 Å². The van der Waals surface area contributed by atoms with Crippen LogP contribution >= 0.6 is 0 Å². The smallest absolute Gasteiger partial charge is 0.294 e. The van der Waals surface area contributed by atoms with E-state index in [1.807, 2.05) is 37.3 Å². The molecule has 1 heterocycles. The summed E-state index contributed by atoms with van der Waals surface area (Å²) in [4.78, 5) is 10.6. The van der Waals surface area contributed by atoms with Gasteiger partial charge in [0.2, 0.25) is 10.0 Å². The van der Waals surface area contributed by atoms with E-state index in [0.717, 1.165) is 17.4 Å². The summed E-state index contributed by atoms with van der Waals surface area (Å²) in [6, 6.07) is 13.1. The molecule has 0 bridgehead atoms. The zero-order chi connectivity index (χ0) is 19.6. The molecule has 0 spiro atoms. The van der Waals surface area contributed by atoms with Gasteiger partial charge in [-0.05, 0) is 38.2 Å². The van der Waals surface area contributed by atoms with Gasteiger partial charge in [-0.15, -0.1) is 0 Å². The third kappa shape index (κ3) is 3.66. The van der Waals surface area contributed by atoms with Gasteiger partial charge in [0.25, 0.3) is 5.69 Å². The average Bonchev–Trinajstić information content (AvgIpc) is 3.03. The lowest BCUT2D eigenvalue weighted by molar-refractivity contribution is -0.384. The Bertz CT molecular complexity index is 1090. The van der Waals surface area contributed by atoms with Crippen LogP contribution in [0.3, 0.4) is 0 Å². The lowest BCUT2D eigenvalue weighted by Crippen LogP contribution is -2.18. The molecule has 0 aliphatic rings. The van der Waals surface area contributed by atoms with Gasteiger partial charge in [0.05, 0.1) is 33.1 Å². The molecule has 0 saturated heterocycles. The van der Waals surface area contributed by atoms with E-state index >= 15 is 0 Å². The van der Waals surface area contributed by atoms with Gasteiger partial charge in [0.1, 0.15) is 5.69 Å². The molecule has 0 amide bonds. The molecule has 3 rings (SSSR count). The Balaban J connectivity index is 1.99. The van der Waals surface area contributed by atoms with Crippen LogP contribution in [0.25, 0.3) is 5.69 Å². The number of para-hydroxylation sites is 1. The molecule has 2 aromatic carbocycles. The molecule has 0 aliphatic heterocycles. The summed E-state index contributed by atoms with van der Waals surface area (Å²) in [6.45, 7) is 1.83. The maximum Gasteiger partial charge on any atom is 0.294 e. The van der Waals surface area contributed by atoms with E-state index in [0.29, 0.717) is 5.69 Å². The van der Waals surface area contributed by atoms with Crippen molar-refractivity contribution in [3.63, 3.8) is 0 Å². The molecule has 0 radical (unpaired) electrons. The monoisotopic (exact) mass is 387 g/mol. The Morgan fingerprint density at radius 3 is 2.44 bits per heavy atom. The summed E-state index contributed by atoms with van der Waals surface area (Å²) < 4.78 is 27.6. The Hall–Kier alpha value is -3.24. The number of rotatable bonds is 6. The minimum atomic E-state index is -3.78. The van der Waals surface area contributed by atoms with Crippen LogP contribution < -0.4 is 10.0 Å². The second-order valence-electron chi connectivity index (χ2n) is 5.66. The second kappa shape index (κ2) is 7.17.